The van der Waals surface area contributed by atoms with Crippen molar-refractivity contribution in [3.63, 3.8) is 0 Å². The summed E-state index contributed by atoms with van der Waals surface area (Å²) in [4.78, 5) is 12.5. The lowest BCUT2D eigenvalue weighted by molar-refractivity contribution is -0.117. The number of hydrogen-bond acceptors (Lipinski definition) is 6. The summed E-state index contributed by atoms with van der Waals surface area (Å²) in [5.41, 5.74) is 7.82. The molecule has 0 aromatic carbocycles. The SMILES string of the molecule is C=C(NC(C(=C)NC[C@@H]1C[C@@H]1C(C)C(=C)NC(CC(C)C)C(=O)C(=C)N)C(C)(C)C)NC1(C)CCCC1. The summed E-state index contributed by atoms with van der Waals surface area (Å²) >= 11 is 0. The minimum absolute atomic E-state index is 0.0231. The van der Waals surface area contributed by atoms with Crippen molar-refractivity contribution in [3.8, 4) is 0 Å². The summed E-state index contributed by atoms with van der Waals surface area (Å²) < 4.78 is 0. The third kappa shape index (κ3) is 9.15. The predicted octanol–water partition coefficient (Wildman–Crippen LogP) is 5.32. The smallest absolute Gasteiger partial charge is 0.199 e. The van der Waals surface area contributed by atoms with Gasteiger partial charge in [-0.25, -0.2) is 0 Å². The maximum absolute atomic E-state index is 12.5. The molecule has 0 bridgehead atoms. The molecule has 0 radical (unpaired) electrons. The van der Waals surface area contributed by atoms with Crippen molar-refractivity contribution in [1.29, 1.82) is 0 Å². The van der Waals surface area contributed by atoms with Crippen LogP contribution in [0.5, 0.6) is 0 Å². The second kappa shape index (κ2) is 12.4. The number of Topliss-reactive ketones (excluding diaryl/α,β-unsaturated/α-hetero) is 1. The predicted molar refractivity (Wildman–Crippen MR) is 157 cm³/mol. The summed E-state index contributed by atoms with van der Waals surface area (Å²) in [6, 6.07) is -0.315. The summed E-state index contributed by atoms with van der Waals surface area (Å²) in [6.45, 7) is 32.8. The number of nitrogens with one attached hydrogen (secondary N) is 4. The number of carbonyl (C=O) groups excluding carboxylic acids is 1. The Hall–Kier alpha value is -2.37. The lowest BCUT2D eigenvalue weighted by Crippen LogP contribution is -2.50. The zero-order valence-corrected chi connectivity index (χ0v) is 24.7. The van der Waals surface area contributed by atoms with Gasteiger partial charge in [-0.1, -0.05) is 80.7 Å². The molecule has 0 aliphatic heterocycles. The fourth-order valence-electron chi connectivity index (χ4n) is 5.70. The molecule has 37 heavy (non-hydrogen) atoms. The number of allylic oxidation sites excluding steroid dienone is 1. The van der Waals surface area contributed by atoms with Gasteiger partial charge in [0, 0.05) is 23.5 Å². The highest BCUT2D eigenvalue weighted by molar-refractivity contribution is 5.98. The highest BCUT2D eigenvalue weighted by Gasteiger charge is 2.42. The molecule has 3 unspecified atom stereocenters. The van der Waals surface area contributed by atoms with Gasteiger partial charge in [-0.3, -0.25) is 4.79 Å². The molecule has 0 amide bonds. The average Bonchev–Trinajstić information content (AvgIpc) is 3.44. The van der Waals surface area contributed by atoms with Crippen molar-refractivity contribution in [2.75, 3.05) is 6.54 Å². The van der Waals surface area contributed by atoms with Crippen molar-refractivity contribution in [3.05, 3.63) is 49.2 Å². The van der Waals surface area contributed by atoms with Crippen LogP contribution in [0.2, 0.25) is 0 Å². The van der Waals surface area contributed by atoms with Crippen LogP contribution in [0.3, 0.4) is 0 Å². The lowest BCUT2D eigenvalue weighted by atomic mass is 9.84. The molecule has 5 atom stereocenters. The third-order valence-electron chi connectivity index (χ3n) is 8.15. The van der Waals surface area contributed by atoms with Crippen LogP contribution in [-0.2, 0) is 4.79 Å². The van der Waals surface area contributed by atoms with Gasteiger partial charge in [0.2, 0.25) is 0 Å². The molecule has 0 aromatic heterocycles. The van der Waals surface area contributed by atoms with Gasteiger partial charge < -0.3 is 27.0 Å². The Morgan fingerprint density at radius 2 is 1.62 bits per heavy atom. The first kappa shape index (κ1) is 30.9. The van der Waals surface area contributed by atoms with Crippen LogP contribution in [0.1, 0.15) is 87.0 Å². The second-order valence-corrected chi connectivity index (χ2v) is 13.4. The number of carbonyl (C=O) groups is 1. The molecule has 6 nitrogen and oxygen atoms in total. The molecule has 0 aromatic rings. The Morgan fingerprint density at radius 3 is 2.14 bits per heavy atom. The Balaban J connectivity index is 1.88. The first-order chi connectivity index (χ1) is 17.0. The van der Waals surface area contributed by atoms with Gasteiger partial charge in [0.25, 0.3) is 0 Å². The van der Waals surface area contributed by atoms with Crippen LogP contribution in [0.25, 0.3) is 0 Å². The fourth-order valence-corrected chi connectivity index (χ4v) is 5.70. The van der Waals surface area contributed by atoms with E-state index in [-0.39, 0.29) is 40.4 Å². The van der Waals surface area contributed by atoms with Gasteiger partial charge in [0.1, 0.15) is 0 Å². The van der Waals surface area contributed by atoms with Gasteiger partial charge in [-0.2, -0.15) is 0 Å². The Morgan fingerprint density at radius 1 is 1.03 bits per heavy atom. The Kier molecular flexibility index (Phi) is 10.4. The summed E-state index contributed by atoms with van der Waals surface area (Å²) in [5, 5.41) is 14.3. The van der Waals surface area contributed by atoms with Gasteiger partial charge in [0.15, 0.2) is 5.78 Å². The van der Waals surface area contributed by atoms with Crippen LogP contribution in [0.4, 0.5) is 0 Å². The van der Waals surface area contributed by atoms with Gasteiger partial charge in [0.05, 0.1) is 23.6 Å². The largest absolute Gasteiger partial charge is 0.396 e. The van der Waals surface area contributed by atoms with E-state index in [0.717, 1.165) is 30.2 Å². The van der Waals surface area contributed by atoms with Crippen molar-refractivity contribution < 1.29 is 4.79 Å². The monoisotopic (exact) mass is 513 g/mol. The number of rotatable bonds is 16. The summed E-state index contributed by atoms with van der Waals surface area (Å²) in [7, 11) is 0. The van der Waals surface area contributed by atoms with E-state index >= 15 is 0 Å². The van der Waals surface area contributed by atoms with E-state index in [0.29, 0.717) is 24.2 Å². The molecular weight excluding hydrogens is 458 g/mol. The van der Waals surface area contributed by atoms with Crippen molar-refractivity contribution in [1.82, 2.24) is 21.3 Å². The normalized spacial score (nSPS) is 22.9. The van der Waals surface area contributed by atoms with E-state index in [1.165, 1.54) is 25.7 Å². The minimum Gasteiger partial charge on any atom is -0.396 e. The summed E-state index contributed by atoms with van der Waals surface area (Å²) in [6.07, 6.45) is 6.75. The Bertz CT molecular complexity index is 861. The molecule has 0 spiro atoms. The molecule has 6 N–H and O–H groups in total. The lowest BCUT2D eigenvalue weighted by Gasteiger charge is -2.37. The zero-order valence-electron chi connectivity index (χ0n) is 24.7. The molecule has 2 rings (SSSR count). The molecule has 210 valence electrons. The molecule has 6 heteroatoms. The zero-order chi connectivity index (χ0) is 28.1. The van der Waals surface area contributed by atoms with Crippen LogP contribution in [0.15, 0.2) is 49.2 Å². The van der Waals surface area contributed by atoms with E-state index in [9.17, 15) is 4.79 Å². The second-order valence-electron chi connectivity index (χ2n) is 13.4. The van der Waals surface area contributed by atoms with Crippen LogP contribution in [0, 0.1) is 29.1 Å². The van der Waals surface area contributed by atoms with Crippen LogP contribution < -0.4 is 27.0 Å². The van der Waals surface area contributed by atoms with Crippen LogP contribution >= 0.6 is 0 Å². The quantitative estimate of drug-likeness (QED) is 0.180. The van der Waals surface area contributed by atoms with E-state index in [1.54, 1.807) is 0 Å². The third-order valence-corrected chi connectivity index (χ3v) is 8.15. The maximum Gasteiger partial charge on any atom is 0.199 e. The minimum atomic E-state index is -0.366. The topological polar surface area (TPSA) is 91.2 Å². The average molecular weight is 514 g/mol. The maximum atomic E-state index is 12.5. The first-order valence-electron chi connectivity index (χ1n) is 14.1. The van der Waals surface area contributed by atoms with E-state index in [4.69, 9.17) is 5.73 Å². The van der Waals surface area contributed by atoms with Crippen molar-refractivity contribution in [2.45, 2.75) is 105 Å². The van der Waals surface area contributed by atoms with Crippen molar-refractivity contribution in [2.24, 2.45) is 34.8 Å². The molecular formula is C31H55N5O. The van der Waals surface area contributed by atoms with E-state index in [2.05, 4.69) is 96.0 Å². The standard InChI is InChI=1S/C31H55N5O/c1-19(2)16-27(28(37)21(4)32)34-22(5)20(3)26-17-25(26)18-33-23(6)29(30(8,9)10)35-24(7)36-31(11)14-12-13-15-31/h19-20,25-27,29,33-36H,4-7,12-18,32H2,1-3,8-11H3/t20?,25-,26+,27?,29?/m0/s1. The van der Waals surface area contributed by atoms with Crippen LogP contribution in [-0.4, -0.2) is 30.0 Å². The molecule has 2 aliphatic rings. The van der Waals surface area contributed by atoms with Gasteiger partial charge in [-0.15, -0.1) is 0 Å². The first-order valence-corrected chi connectivity index (χ1v) is 14.1. The van der Waals surface area contributed by atoms with E-state index < -0.39 is 0 Å². The number of ketones is 1. The van der Waals surface area contributed by atoms with Crippen molar-refractivity contribution >= 4 is 5.78 Å². The number of nitrogens with two attached hydrogens (primary N) is 1. The van der Waals surface area contributed by atoms with E-state index in [1.807, 2.05) is 0 Å². The highest BCUT2D eigenvalue weighted by atomic mass is 16.1. The number of hydrogen-bond donors (Lipinski definition) is 5. The molecule has 0 saturated heterocycles. The van der Waals surface area contributed by atoms with Gasteiger partial charge >= 0.3 is 0 Å². The van der Waals surface area contributed by atoms with Gasteiger partial charge in [-0.05, 0) is 61.7 Å². The molecule has 2 aliphatic carbocycles. The fraction of sp³-hybridized carbons (Fsp3) is 0.710. The summed E-state index contributed by atoms with van der Waals surface area (Å²) in [5.74, 6) is 2.44. The molecule has 2 saturated carbocycles. The molecule has 2 fully saturated rings. The Labute approximate surface area is 227 Å². The highest BCUT2D eigenvalue weighted by Crippen LogP contribution is 2.46. The molecule has 0 heterocycles.